The number of nitrogens with zero attached hydrogens (tertiary/aromatic N) is 1. The number of esters is 1. The van der Waals surface area contributed by atoms with Crippen molar-refractivity contribution in [3.05, 3.63) is 12.2 Å². The van der Waals surface area contributed by atoms with Crippen LogP contribution in [0.4, 0.5) is 0 Å². The Kier molecular flexibility index (Phi) is 4.79. The van der Waals surface area contributed by atoms with E-state index in [-0.39, 0.29) is 35.0 Å². The quantitative estimate of drug-likeness (QED) is 0.334. The molecule has 130 valence electrons. The lowest BCUT2D eigenvalue weighted by molar-refractivity contribution is -0.169. The van der Waals surface area contributed by atoms with Gasteiger partial charge >= 0.3 is 5.97 Å². The third kappa shape index (κ3) is 3.11. The van der Waals surface area contributed by atoms with Crippen LogP contribution in [0.25, 0.3) is 0 Å². The zero-order valence-corrected chi connectivity index (χ0v) is 16.3. The van der Waals surface area contributed by atoms with Crippen LogP contribution in [0, 0.1) is 5.92 Å². The minimum absolute atomic E-state index is 0.00994. The van der Waals surface area contributed by atoms with Crippen LogP contribution in [-0.4, -0.2) is 49.9 Å². The van der Waals surface area contributed by atoms with Crippen LogP contribution in [0.3, 0.4) is 0 Å². The number of β-lactam (4-membered cyclic amide) rings is 1. The average molecular weight is 340 g/mol. The van der Waals surface area contributed by atoms with Crippen LogP contribution < -0.4 is 0 Å². The van der Waals surface area contributed by atoms with Gasteiger partial charge in [0.25, 0.3) is 0 Å². The van der Waals surface area contributed by atoms with Crippen LogP contribution in [0.2, 0.25) is 18.1 Å². The minimum Gasteiger partial charge on any atom is -0.464 e. The van der Waals surface area contributed by atoms with Crippen LogP contribution in [0.1, 0.15) is 34.6 Å². The highest BCUT2D eigenvalue weighted by atomic mass is 28.4. The van der Waals surface area contributed by atoms with Gasteiger partial charge < -0.3 is 14.1 Å². The molecule has 0 aliphatic carbocycles. The molecule has 0 aromatic rings. The number of fused-ring (bicyclic) bond motifs is 1. The Morgan fingerprint density at radius 1 is 1.35 bits per heavy atom. The molecular weight excluding hydrogens is 310 g/mol. The molecule has 2 heterocycles. The highest BCUT2D eigenvalue weighted by molar-refractivity contribution is 6.74. The standard InChI is InChI=1S/C17H29NO4Si/c1-8-21-16(20)13-10-9-12-14(15(19)18(12)13)11(2)22-23(6,7)17(3,4)5/h9-14H,8H2,1-7H3/t11-,12-,13?,14-/m1/s1. The molecule has 1 saturated heterocycles. The third-order valence-electron chi connectivity index (χ3n) is 5.34. The van der Waals surface area contributed by atoms with Crippen molar-refractivity contribution in [1.29, 1.82) is 0 Å². The van der Waals surface area contributed by atoms with E-state index < -0.39 is 14.4 Å². The van der Waals surface area contributed by atoms with Gasteiger partial charge in [0.15, 0.2) is 8.32 Å². The molecule has 2 aliphatic heterocycles. The number of rotatable bonds is 5. The van der Waals surface area contributed by atoms with Gasteiger partial charge in [-0.05, 0) is 32.0 Å². The van der Waals surface area contributed by atoms with Crippen molar-refractivity contribution in [1.82, 2.24) is 4.90 Å². The van der Waals surface area contributed by atoms with Gasteiger partial charge in [-0.2, -0.15) is 0 Å². The van der Waals surface area contributed by atoms with E-state index in [9.17, 15) is 9.59 Å². The number of amides is 1. The molecule has 23 heavy (non-hydrogen) atoms. The van der Waals surface area contributed by atoms with Gasteiger partial charge in [-0.1, -0.05) is 32.9 Å². The summed E-state index contributed by atoms with van der Waals surface area (Å²) < 4.78 is 11.4. The predicted octanol–water partition coefficient (Wildman–Crippen LogP) is 2.73. The van der Waals surface area contributed by atoms with Crippen molar-refractivity contribution in [3.8, 4) is 0 Å². The second-order valence-electron chi connectivity index (χ2n) is 7.93. The van der Waals surface area contributed by atoms with Gasteiger partial charge in [-0.25, -0.2) is 4.79 Å². The smallest absolute Gasteiger partial charge is 0.332 e. The third-order valence-corrected chi connectivity index (χ3v) is 9.91. The highest BCUT2D eigenvalue weighted by Crippen LogP contribution is 2.42. The Morgan fingerprint density at radius 3 is 2.48 bits per heavy atom. The van der Waals surface area contributed by atoms with Crippen LogP contribution >= 0.6 is 0 Å². The molecule has 2 rings (SSSR count). The fourth-order valence-electron chi connectivity index (χ4n) is 3.02. The van der Waals surface area contributed by atoms with Crippen molar-refractivity contribution >= 4 is 20.2 Å². The topological polar surface area (TPSA) is 55.8 Å². The van der Waals surface area contributed by atoms with Crippen LogP contribution in [0.15, 0.2) is 12.2 Å². The summed E-state index contributed by atoms with van der Waals surface area (Å²) in [5.41, 5.74) is 0. The van der Waals surface area contributed by atoms with Gasteiger partial charge in [-0.3, -0.25) is 4.79 Å². The van der Waals surface area contributed by atoms with Gasteiger partial charge in [0.1, 0.15) is 6.04 Å². The maximum Gasteiger partial charge on any atom is 0.332 e. The van der Waals surface area contributed by atoms with Crippen molar-refractivity contribution in [2.45, 2.75) is 70.9 Å². The lowest BCUT2D eigenvalue weighted by Gasteiger charge is -2.49. The zero-order valence-electron chi connectivity index (χ0n) is 15.3. The second kappa shape index (κ2) is 6.05. The maximum atomic E-state index is 12.6. The molecule has 1 unspecified atom stereocenters. The number of carbonyl (C=O) groups is 2. The van der Waals surface area contributed by atoms with Gasteiger partial charge in [0.05, 0.1) is 24.7 Å². The molecule has 0 aromatic heterocycles. The average Bonchev–Trinajstić information content (AvgIpc) is 2.76. The largest absolute Gasteiger partial charge is 0.464 e. The molecule has 4 atom stereocenters. The van der Waals surface area contributed by atoms with E-state index in [0.717, 1.165) is 0 Å². The maximum absolute atomic E-state index is 12.6. The Balaban J connectivity index is 2.04. The molecular formula is C17H29NO4Si. The molecule has 0 aromatic carbocycles. The lowest BCUT2D eigenvalue weighted by atomic mass is 9.84. The van der Waals surface area contributed by atoms with E-state index >= 15 is 0 Å². The molecule has 0 spiro atoms. The molecule has 0 radical (unpaired) electrons. The van der Waals surface area contributed by atoms with E-state index in [4.69, 9.17) is 9.16 Å². The van der Waals surface area contributed by atoms with Gasteiger partial charge in [0, 0.05) is 0 Å². The van der Waals surface area contributed by atoms with E-state index in [0.29, 0.717) is 6.61 Å². The predicted molar refractivity (Wildman–Crippen MR) is 91.4 cm³/mol. The first kappa shape index (κ1) is 18.2. The molecule has 1 amide bonds. The molecule has 1 fully saturated rings. The van der Waals surface area contributed by atoms with Crippen molar-refractivity contribution in [3.63, 3.8) is 0 Å². The first-order valence-electron chi connectivity index (χ1n) is 8.36. The first-order chi connectivity index (χ1) is 10.5. The van der Waals surface area contributed by atoms with Crippen LogP contribution in [-0.2, 0) is 18.8 Å². The first-order valence-corrected chi connectivity index (χ1v) is 11.3. The molecule has 2 aliphatic rings. The summed E-state index contributed by atoms with van der Waals surface area (Å²) in [6.45, 7) is 15.0. The second-order valence-corrected chi connectivity index (χ2v) is 12.7. The van der Waals surface area contributed by atoms with Crippen molar-refractivity contribution in [2.75, 3.05) is 6.61 Å². The molecule has 0 bridgehead atoms. The summed E-state index contributed by atoms with van der Waals surface area (Å²) in [5.74, 6) is -0.555. The fraction of sp³-hybridized carbons (Fsp3) is 0.765. The highest BCUT2D eigenvalue weighted by Gasteiger charge is 2.56. The molecule has 5 nitrogen and oxygen atoms in total. The Hall–Kier alpha value is -1.14. The zero-order chi connectivity index (χ0) is 17.6. The number of ether oxygens (including phenoxy) is 1. The van der Waals surface area contributed by atoms with E-state index in [2.05, 4.69) is 33.9 Å². The monoisotopic (exact) mass is 339 g/mol. The summed E-state index contributed by atoms with van der Waals surface area (Å²) >= 11 is 0. The molecule has 0 N–H and O–H groups in total. The van der Waals surface area contributed by atoms with Crippen molar-refractivity contribution in [2.24, 2.45) is 5.92 Å². The van der Waals surface area contributed by atoms with Crippen molar-refractivity contribution < 1.29 is 18.8 Å². The summed E-state index contributed by atoms with van der Waals surface area (Å²) in [4.78, 5) is 26.1. The summed E-state index contributed by atoms with van der Waals surface area (Å²) in [7, 11) is -1.92. The number of hydrogen-bond acceptors (Lipinski definition) is 4. The van der Waals surface area contributed by atoms with Gasteiger partial charge in [0.2, 0.25) is 5.91 Å². The Bertz CT molecular complexity index is 523. The Morgan fingerprint density at radius 2 is 1.96 bits per heavy atom. The molecule has 6 heteroatoms. The van der Waals surface area contributed by atoms with E-state index in [1.54, 1.807) is 17.9 Å². The normalized spacial score (nSPS) is 28.4. The SMILES string of the molecule is CCOC(=O)C1C=C[C@@H]2[C@@H]([C@@H](C)O[Si](C)(C)C(C)(C)C)C(=O)N12. The molecule has 0 saturated carbocycles. The van der Waals surface area contributed by atoms with Gasteiger partial charge in [-0.15, -0.1) is 0 Å². The lowest BCUT2D eigenvalue weighted by Crippen LogP contribution is -2.66. The Labute approximate surface area is 140 Å². The summed E-state index contributed by atoms with van der Waals surface area (Å²) in [5, 5.41) is 0.104. The number of hydrogen-bond donors (Lipinski definition) is 0. The number of carbonyl (C=O) groups excluding carboxylic acids is 2. The summed E-state index contributed by atoms with van der Waals surface area (Å²) in [6.07, 6.45) is 3.58. The fourth-order valence-corrected chi connectivity index (χ4v) is 4.45. The van der Waals surface area contributed by atoms with Crippen LogP contribution in [0.5, 0.6) is 0 Å². The minimum atomic E-state index is -1.92. The van der Waals surface area contributed by atoms with E-state index in [1.165, 1.54) is 0 Å². The van der Waals surface area contributed by atoms with E-state index in [1.807, 2.05) is 13.0 Å². The summed E-state index contributed by atoms with van der Waals surface area (Å²) in [6, 6.07) is -0.611.